The molecule has 1 amide bonds. The van der Waals surface area contributed by atoms with E-state index in [1.54, 1.807) is 10.3 Å². The van der Waals surface area contributed by atoms with Crippen molar-refractivity contribution in [3.8, 4) is 0 Å². The Kier molecular flexibility index (Phi) is 3.88. The van der Waals surface area contributed by atoms with Crippen LogP contribution in [0.2, 0.25) is 0 Å². The van der Waals surface area contributed by atoms with Gasteiger partial charge in [-0.2, -0.15) is 0 Å². The van der Waals surface area contributed by atoms with E-state index in [1.807, 2.05) is 6.92 Å². The highest BCUT2D eigenvalue weighted by atomic mass is 79.9. The number of hydrogen-bond acceptors (Lipinski definition) is 5. The molecule has 0 spiro atoms. The molecule has 0 saturated carbocycles. The number of aromatic nitrogens is 2. The summed E-state index contributed by atoms with van der Waals surface area (Å²) in [5.41, 5.74) is 0.424. The minimum atomic E-state index is -0.0603. The van der Waals surface area contributed by atoms with Crippen molar-refractivity contribution in [3.05, 3.63) is 11.1 Å². The van der Waals surface area contributed by atoms with Crippen LogP contribution in [0.15, 0.2) is 5.38 Å². The summed E-state index contributed by atoms with van der Waals surface area (Å²) in [5, 5.41) is 6.20. The van der Waals surface area contributed by atoms with Gasteiger partial charge in [-0.1, -0.05) is 20.4 Å². The van der Waals surface area contributed by atoms with E-state index in [2.05, 4.69) is 25.5 Å². The molecule has 1 saturated heterocycles. The van der Waals surface area contributed by atoms with Crippen molar-refractivity contribution in [2.24, 2.45) is 0 Å². The summed E-state index contributed by atoms with van der Waals surface area (Å²) in [6.45, 7) is 3.18. The largest absolute Gasteiger partial charge is 0.371 e. The zero-order valence-electron chi connectivity index (χ0n) is 8.80. The Morgan fingerprint density at radius 1 is 1.75 bits per heavy atom. The van der Waals surface area contributed by atoms with Crippen molar-refractivity contribution in [2.45, 2.75) is 19.1 Å². The third-order valence-electron chi connectivity index (χ3n) is 2.36. The predicted molar refractivity (Wildman–Crippen MR) is 63.9 cm³/mol. The maximum Gasteiger partial charge on any atom is 0.275 e. The smallest absolute Gasteiger partial charge is 0.275 e. The van der Waals surface area contributed by atoms with Crippen LogP contribution < -0.4 is 0 Å². The number of carbonyl (C=O) groups is 1. The molecule has 5 nitrogen and oxygen atoms in total. The number of hydrogen-bond donors (Lipinski definition) is 0. The minimum absolute atomic E-state index is 0.0549. The van der Waals surface area contributed by atoms with Crippen LogP contribution in [0, 0.1) is 0 Å². The first-order valence-corrected chi connectivity index (χ1v) is 6.94. The van der Waals surface area contributed by atoms with E-state index in [-0.39, 0.29) is 18.1 Å². The number of morpholine rings is 1. The molecule has 0 radical (unpaired) electrons. The first kappa shape index (κ1) is 11.9. The molecule has 0 aliphatic carbocycles. The van der Waals surface area contributed by atoms with Crippen LogP contribution in [0.1, 0.15) is 17.4 Å². The van der Waals surface area contributed by atoms with Gasteiger partial charge in [0.25, 0.3) is 5.91 Å². The van der Waals surface area contributed by atoms with Gasteiger partial charge in [0.15, 0.2) is 5.69 Å². The fraction of sp³-hybridized carbons (Fsp3) is 0.667. The van der Waals surface area contributed by atoms with E-state index >= 15 is 0 Å². The second-order valence-corrected chi connectivity index (χ2v) is 4.98. The number of nitrogens with zero attached hydrogens (tertiary/aromatic N) is 3. The maximum absolute atomic E-state index is 12.0. The molecule has 2 unspecified atom stereocenters. The third kappa shape index (κ3) is 2.58. The van der Waals surface area contributed by atoms with E-state index in [1.165, 1.54) is 11.5 Å². The SMILES string of the molecule is CC1CN(C(=O)c2csnn2)CC(CBr)O1. The number of alkyl halides is 1. The highest BCUT2D eigenvalue weighted by molar-refractivity contribution is 9.09. The first-order valence-electron chi connectivity index (χ1n) is 4.98. The van der Waals surface area contributed by atoms with E-state index in [4.69, 9.17) is 4.74 Å². The minimum Gasteiger partial charge on any atom is -0.371 e. The lowest BCUT2D eigenvalue weighted by atomic mass is 10.2. The van der Waals surface area contributed by atoms with Gasteiger partial charge in [0, 0.05) is 23.8 Å². The molecule has 2 heterocycles. The molecule has 2 rings (SSSR count). The van der Waals surface area contributed by atoms with Crippen LogP contribution in [0.3, 0.4) is 0 Å². The van der Waals surface area contributed by atoms with Gasteiger partial charge in [0.05, 0.1) is 12.2 Å². The molecule has 7 heteroatoms. The lowest BCUT2D eigenvalue weighted by Crippen LogP contribution is -2.49. The Hall–Kier alpha value is -0.530. The topological polar surface area (TPSA) is 55.3 Å². The summed E-state index contributed by atoms with van der Waals surface area (Å²) in [6.07, 6.45) is 0.117. The molecule has 0 N–H and O–H groups in total. The summed E-state index contributed by atoms with van der Waals surface area (Å²) in [6, 6.07) is 0. The van der Waals surface area contributed by atoms with Crippen LogP contribution in [-0.2, 0) is 4.74 Å². The summed E-state index contributed by atoms with van der Waals surface area (Å²) < 4.78 is 9.36. The molecule has 1 aromatic heterocycles. The molecule has 88 valence electrons. The summed E-state index contributed by atoms with van der Waals surface area (Å²) in [7, 11) is 0. The second-order valence-electron chi connectivity index (χ2n) is 3.72. The lowest BCUT2D eigenvalue weighted by Gasteiger charge is -2.35. The van der Waals surface area contributed by atoms with Gasteiger partial charge >= 0.3 is 0 Å². The van der Waals surface area contributed by atoms with Crippen LogP contribution in [0.4, 0.5) is 0 Å². The fourth-order valence-electron chi connectivity index (χ4n) is 1.72. The number of ether oxygens (including phenoxy) is 1. The number of rotatable bonds is 2. The van der Waals surface area contributed by atoms with Crippen molar-refractivity contribution in [1.82, 2.24) is 14.5 Å². The number of carbonyl (C=O) groups excluding carboxylic acids is 1. The Morgan fingerprint density at radius 2 is 2.56 bits per heavy atom. The molecule has 2 atom stereocenters. The van der Waals surface area contributed by atoms with Crippen molar-refractivity contribution < 1.29 is 9.53 Å². The Labute approximate surface area is 106 Å². The maximum atomic E-state index is 12.0. The van der Waals surface area contributed by atoms with E-state index in [9.17, 15) is 4.79 Å². The van der Waals surface area contributed by atoms with Gasteiger partial charge in [-0.3, -0.25) is 4.79 Å². The quantitative estimate of drug-likeness (QED) is 0.770. The fourth-order valence-corrected chi connectivity index (χ4v) is 2.50. The molecule has 0 bridgehead atoms. The monoisotopic (exact) mass is 305 g/mol. The van der Waals surface area contributed by atoms with Crippen LogP contribution in [0.5, 0.6) is 0 Å². The van der Waals surface area contributed by atoms with Gasteiger partial charge in [0.1, 0.15) is 0 Å². The highest BCUT2D eigenvalue weighted by Gasteiger charge is 2.29. The zero-order valence-corrected chi connectivity index (χ0v) is 11.2. The van der Waals surface area contributed by atoms with Gasteiger partial charge in [-0.05, 0) is 18.5 Å². The molecule has 1 aliphatic rings. The Morgan fingerprint density at radius 3 is 3.19 bits per heavy atom. The number of amides is 1. The standard InChI is InChI=1S/C9H12BrN3O2S/c1-6-3-13(4-7(2-10)15-6)9(14)8-5-16-12-11-8/h5-7H,2-4H2,1H3. The molecule has 1 fully saturated rings. The Bertz CT molecular complexity index is 360. The average Bonchev–Trinajstić information content (AvgIpc) is 2.80. The van der Waals surface area contributed by atoms with Crippen molar-refractivity contribution in [1.29, 1.82) is 0 Å². The summed E-state index contributed by atoms with van der Waals surface area (Å²) in [5.74, 6) is -0.0603. The lowest BCUT2D eigenvalue weighted by molar-refractivity contribution is -0.0561. The molecule has 0 aromatic carbocycles. The van der Waals surface area contributed by atoms with E-state index in [0.717, 1.165) is 5.33 Å². The van der Waals surface area contributed by atoms with Crippen molar-refractivity contribution in [3.63, 3.8) is 0 Å². The van der Waals surface area contributed by atoms with Crippen molar-refractivity contribution >= 4 is 33.4 Å². The summed E-state index contributed by atoms with van der Waals surface area (Å²) >= 11 is 4.57. The summed E-state index contributed by atoms with van der Waals surface area (Å²) in [4.78, 5) is 13.8. The third-order valence-corrected chi connectivity index (χ3v) is 3.59. The van der Waals surface area contributed by atoms with Crippen molar-refractivity contribution in [2.75, 3.05) is 18.4 Å². The van der Waals surface area contributed by atoms with Crippen LogP contribution >= 0.6 is 27.5 Å². The van der Waals surface area contributed by atoms with E-state index in [0.29, 0.717) is 18.8 Å². The second kappa shape index (κ2) is 5.20. The highest BCUT2D eigenvalue weighted by Crippen LogP contribution is 2.15. The van der Waals surface area contributed by atoms with E-state index < -0.39 is 0 Å². The molecular weight excluding hydrogens is 294 g/mol. The zero-order chi connectivity index (χ0) is 11.5. The molecule has 1 aliphatic heterocycles. The first-order chi connectivity index (χ1) is 7.70. The molecular formula is C9H12BrN3O2S. The normalized spacial score (nSPS) is 25.8. The predicted octanol–water partition coefficient (Wildman–Crippen LogP) is 1.16. The average molecular weight is 306 g/mol. The van der Waals surface area contributed by atoms with Crippen LogP contribution in [0.25, 0.3) is 0 Å². The van der Waals surface area contributed by atoms with Gasteiger partial charge in [-0.15, -0.1) is 5.10 Å². The Balaban J connectivity index is 2.06. The van der Waals surface area contributed by atoms with Gasteiger partial charge < -0.3 is 9.64 Å². The molecule has 1 aromatic rings. The number of halogens is 1. The van der Waals surface area contributed by atoms with Crippen LogP contribution in [-0.4, -0.2) is 51.0 Å². The molecule has 16 heavy (non-hydrogen) atoms. The van der Waals surface area contributed by atoms with Gasteiger partial charge in [0.2, 0.25) is 0 Å². The van der Waals surface area contributed by atoms with Gasteiger partial charge in [-0.25, -0.2) is 0 Å².